The summed E-state index contributed by atoms with van der Waals surface area (Å²) in [5.41, 5.74) is 1.08. The zero-order chi connectivity index (χ0) is 22.8. The lowest BCUT2D eigenvalue weighted by molar-refractivity contribution is -0.134. The van der Waals surface area contributed by atoms with Gasteiger partial charge in [-0.2, -0.15) is 0 Å². The molecule has 3 amide bonds. The van der Waals surface area contributed by atoms with E-state index in [1.54, 1.807) is 4.90 Å². The summed E-state index contributed by atoms with van der Waals surface area (Å²) in [4.78, 5) is 44.4. The molecule has 8 nitrogen and oxygen atoms in total. The minimum absolute atomic E-state index is 0.0159. The zero-order valence-corrected chi connectivity index (χ0v) is 18.8. The van der Waals surface area contributed by atoms with E-state index in [4.69, 9.17) is 4.74 Å². The highest BCUT2D eigenvalue weighted by molar-refractivity contribution is 6.08. The lowest BCUT2D eigenvalue weighted by Gasteiger charge is -2.36. The van der Waals surface area contributed by atoms with E-state index in [1.807, 2.05) is 41.3 Å². The van der Waals surface area contributed by atoms with Crippen LogP contribution in [0.25, 0.3) is 10.8 Å². The summed E-state index contributed by atoms with van der Waals surface area (Å²) in [5.74, 6) is 0.0394. The van der Waals surface area contributed by atoms with Crippen LogP contribution in [-0.2, 0) is 14.3 Å². The third-order valence-corrected chi connectivity index (χ3v) is 6.70. The summed E-state index contributed by atoms with van der Waals surface area (Å²) >= 11 is 0. The van der Waals surface area contributed by atoms with Gasteiger partial charge in [0.15, 0.2) is 0 Å². The highest BCUT2D eigenvalue weighted by atomic mass is 16.5. The second-order valence-corrected chi connectivity index (χ2v) is 9.07. The van der Waals surface area contributed by atoms with Crippen LogP contribution < -0.4 is 5.32 Å². The fourth-order valence-electron chi connectivity index (χ4n) is 4.48. The standard InChI is InChI=1S/C25H30N4O4/c30-23(17-27-11-13-33-14-12-27)28-7-9-29(10-8-28)25(32)21-15-19-3-1-2-4-20(19)16-22(21)26-24(31)18-5-6-18/h1-4,15-16,18H,5-14,17H2,(H,26,31). The van der Waals surface area contributed by atoms with E-state index in [0.717, 1.165) is 36.7 Å². The third kappa shape index (κ3) is 5.02. The smallest absolute Gasteiger partial charge is 0.256 e. The Morgan fingerprint density at radius 2 is 1.52 bits per heavy atom. The molecule has 1 N–H and O–H groups in total. The molecule has 2 aliphatic heterocycles. The SMILES string of the molecule is O=C(Nc1cc2ccccc2cc1C(=O)N1CCN(C(=O)CN2CCOCC2)CC1)C1CC1. The van der Waals surface area contributed by atoms with Gasteiger partial charge >= 0.3 is 0 Å². The number of hydrogen-bond donors (Lipinski definition) is 1. The Balaban J connectivity index is 1.27. The molecule has 5 rings (SSSR count). The topological polar surface area (TPSA) is 82.2 Å². The highest BCUT2D eigenvalue weighted by Crippen LogP contribution is 2.32. The summed E-state index contributed by atoms with van der Waals surface area (Å²) in [6, 6.07) is 11.6. The van der Waals surface area contributed by atoms with Crippen LogP contribution in [-0.4, -0.2) is 91.4 Å². The van der Waals surface area contributed by atoms with Crippen LogP contribution >= 0.6 is 0 Å². The van der Waals surface area contributed by atoms with Crippen molar-refractivity contribution in [3.63, 3.8) is 0 Å². The van der Waals surface area contributed by atoms with E-state index in [9.17, 15) is 14.4 Å². The summed E-state index contributed by atoms with van der Waals surface area (Å²) in [6.45, 7) is 5.30. The molecule has 0 aromatic heterocycles. The molecule has 2 aromatic carbocycles. The molecule has 0 radical (unpaired) electrons. The summed E-state index contributed by atoms with van der Waals surface area (Å²) in [6.07, 6.45) is 1.81. The molecule has 0 atom stereocenters. The maximum atomic E-state index is 13.5. The Labute approximate surface area is 193 Å². The number of hydrogen-bond acceptors (Lipinski definition) is 5. The van der Waals surface area contributed by atoms with Crippen molar-refractivity contribution in [1.82, 2.24) is 14.7 Å². The molecule has 2 saturated heterocycles. The predicted octanol–water partition coefficient (Wildman–Crippen LogP) is 1.80. The van der Waals surface area contributed by atoms with Crippen molar-refractivity contribution >= 4 is 34.2 Å². The van der Waals surface area contributed by atoms with Gasteiger partial charge in [-0.05, 0) is 35.7 Å². The molecular formula is C25H30N4O4. The molecule has 0 bridgehead atoms. The Morgan fingerprint density at radius 1 is 0.879 bits per heavy atom. The molecule has 33 heavy (non-hydrogen) atoms. The van der Waals surface area contributed by atoms with Gasteiger partial charge in [-0.1, -0.05) is 24.3 Å². The summed E-state index contributed by atoms with van der Waals surface area (Å²) in [5, 5.41) is 4.94. The molecule has 174 valence electrons. The van der Waals surface area contributed by atoms with E-state index >= 15 is 0 Å². The number of morpholine rings is 1. The van der Waals surface area contributed by atoms with Crippen molar-refractivity contribution in [2.45, 2.75) is 12.8 Å². The second-order valence-electron chi connectivity index (χ2n) is 9.07. The summed E-state index contributed by atoms with van der Waals surface area (Å²) < 4.78 is 5.35. The number of carbonyl (C=O) groups is 3. The van der Waals surface area contributed by atoms with Crippen molar-refractivity contribution in [3.8, 4) is 0 Å². The lowest BCUT2D eigenvalue weighted by atomic mass is 10.0. The molecule has 0 unspecified atom stereocenters. The van der Waals surface area contributed by atoms with Crippen LogP contribution in [0.4, 0.5) is 5.69 Å². The van der Waals surface area contributed by atoms with Gasteiger partial charge in [-0.3, -0.25) is 19.3 Å². The van der Waals surface area contributed by atoms with Crippen LogP contribution in [0.1, 0.15) is 23.2 Å². The number of ether oxygens (including phenoxy) is 1. The number of carbonyl (C=O) groups excluding carboxylic acids is 3. The van der Waals surface area contributed by atoms with Gasteiger partial charge in [-0.25, -0.2) is 0 Å². The molecule has 2 heterocycles. The normalized spacial score (nSPS) is 19.5. The van der Waals surface area contributed by atoms with Crippen molar-refractivity contribution < 1.29 is 19.1 Å². The van der Waals surface area contributed by atoms with Gasteiger partial charge in [0.05, 0.1) is 31.0 Å². The number of rotatable bonds is 5. The highest BCUT2D eigenvalue weighted by Gasteiger charge is 2.32. The molecule has 1 aliphatic carbocycles. The number of fused-ring (bicyclic) bond motifs is 1. The molecule has 1 saturated carbocycles. The lowest BCUT2D eigenvalue weighted by Crippen LogP contribution is -2.53. The number of nitrogens with one attached hydrogen (secondary N) is 1. The van der Waals surface area contributed by atoms with Gasteiger partial charge in [-0.15, -0.1) is 0 Å². The van der Waals surface area contributed by atoms with Gasteiger partial charge in [0, 0.05) is 45.2 Å². The van der Waals surface area contributed by atoms with Gasteiger partial charge in [0.25, 0.3) is 5.91 Å². The molecular weight excluding hydrogens is 420 g/mol. The minimum atomic E-state index is -0.105. The molecule has 0 spiro atoms. The third-order valence-electron chi connectivity index (χ3n) is 6.70. The van der Waals surface area contributed by atoms with E-state index < -0.39 is 0 Å². The first kappa shape index (κ1) is 21.9. The van der Waals surface area contributed by atoms with Crippen LogP contribution in [0.3, 0.4) is 0 Å². The van der Waals surface area contributed by atoms with Crippen molar-refractivity contribution in [1.29, 1.82) is 0 Å². The molecule has 2 aromatic rings. The van der Waals surface area contributed by atoms with E-state index in [-0.39, 0.29) is 23.6 Å². The number of piperazine rings is 1. The van der Waals surface area contributed by atoms with Gasteiger partial charge in [0.1, 0.15) is 0 Å². The Kier molecular flexibility index (Phi) is 6.28. The van der Waals surface area contributed by atoms with Crippen molar-refractivity contribution in [2.75, 3.05) is 64.3 Å². The van der Waals surface area contributed by atoms with Crippen LogP contribution in [0.15, 0.2) is 36.4 Å². The minimum Gasteiger partial charge on any atom is -0.379 e. The number of anilines is 1. The molecule has 8 heteroatoms. The maximum absolute atomic E-state index is 13.5. The largest absolute Gasteiger partial charge is 0.379 e. The monoisotopic (exact) mass is 450 g/mol. The fraction of sp³-hybridized carbons (Fsp3) is 0.480. The van der Waals surface area contributed by atoms with E-state index in [1.165, 1.54) is 0 Å². The fourth-order valence-corrected chi connectivity index (χ4v) is 4.48. The number of benzene rings is 2. The predicted molar refractivity (Wildman–Crippen MR) is 125 cm³/mol. The average molecular weight is 451 g/mol. The molecule has 3 fully saturated rings. The Morgan fingerprint density at radius 3 is 2.18 bits per heavy atom. The Bertz CT molecular complexity index is 1050. The quantitative estimate of drug-likeness (QED) is 0.751. The number of nitrogens with zero attached hydrogens (tertiary/aromatic N) is 3. The van der Waals surface area contributed by atoms with Crippen molar-refractivity contribution in [2.24, 2.45) is 5.92 Å². The summed E-state index contributed by atoms with van der Waals surface area (Å²) in [7, 11) is 0. The van der Waals surface area contributed by atoms with Crippen molar-refractivity contribution in [3.05, 3.63) is 42.0 Å². The van der Waals surface area contributed by atoms with E-state index in [2.05, 4.69) is 10.2 Å². The first-order valence-corrected chi connectivity index (χ1v) is 11.8. The first-order valence-electron chi connectivity index (χ1n) is 11.8. The second kappa shape index (κ2) is 9.49. The first-order chi connectivity index (χ1) is 16.1. The number of amides is 3. The van der Waals surface area contributed by atoms with E-state index in [0.29, 0.717) is 57.2 Å². The van der Waals surface area contributed by atoms with Gasteiger partial charge in [0.2, 0.25) is 11.8 Å². The van der Waals surface area contributed by atoms with Crippen LogP contribution in [0.2, 0.25) is 0 Å². The van der Waals surface area contributed by atoms with Crippen LogP contribution in [0.5, 0.6) is 0 Å². The van der Waals surface area contributed by atoms with Crippen LogP contribution in [0, 0.1) is 5.92 Å². The maximum Gasteiger partial charge on any atom is 0.256 e. The average Bonchev–Trinajstić information content (AvgIpc) is 3.70. The van der Waals surface area contributed by atoms with Gasteiger partial charge < -0.3 is 19.9 Å². The zero-order valence-electron chi connectivity index (χ0n) is 18.8. The Hall–Kier alpha value is -2.97. The molecule has 3 aliphatic rings.